The van der Waals surface area contributed by atoms with Gasteiger partial charge in [0.1, 0.15) is 17.6 Å². The number of nitrogens with zero attached hydrogens (tertiary/aromatic N) is 5. The third-order valence-electron chi connectivity index (χ3n) is 7.13. The number of hydrogen-bond acceptors (Lipinski definition) is 7. The molecule has 0 bridgehead atoms. The van der Waals surface area contributed by atoms with E-state index in [9.17, 15) is 9.65 Å². The molecule has 1 aliphatic heterocycles. The summed E-state index contributed by atoms with van der Waals surface area (Å²) in [6.07, 6.45) is 7.80. The standard InChI is InChI=1S/C28H27ClFN7O/c29-20-10-23-26(32-13-17-2-1-9-38-16-17)19(12-31)14-33-28(23)24(11-20)34-27(18-3-5-21(30)6-4-18)25-15-37(36-35-25)22-7-8-22/h3-6,10-11,14-15,17,22,27,34H,1-2,7-9,13,16H2,(H,32,33)/t17?,27-/m0/s1. The second-order valence-corrected chi connectivity index (χ2v) is 10.4. The van der Waals surface area contributed by atoms with Crippen LogP contribution in [0.25, 0.3) is 10.9 Å². The molecule has 1 aliphatic carbocycles. The SMILES string of the molecule is N#Cc1cnc2c(N[C@@H](c3ccc(F)cc3)c3cn(C4CC4)nn3)cc(Cl)cc2c1NCC1CCCOC1. The first-order valence-electron chi connectivity index (χ1n) is 12.9. The molecule has 38 heavy (non-hydrogen) atoms. The Kier molecular flexibility index (Phi) is 6.83. The van der Waals surface area contributed by atoms with Crippen LogP contribution >= 0.6 is 11.6 Å². The zero-order valence-corrected chi connectivity index (χ0v) is 21.5. The largest absolute Gasteiger partial charge is 0.383 e. The Bertz CT molecular complexity index is 1490. The molecular formula is C28H27ClFN7O. The number of anilines is 2. The molecule has 194 valence electrons. The van der Waals surface area contributed by atoms with E-state index < -0.39 is 6.04 Å². The second kappa shape index (κ2) is 10.6. The van der Waals surface area contributed by atoms with E-state index in [2.05, 4.69) is 32.0 Å². The normalized spacial score (nSPS) is 18.2. The first-order chi connectivity index (χ1) is 18.6. The lowest BCUT2D eigenvalue weighted by Crippen LogP contribution is -2.24. The molecule has 2 atom stereocenters. The Morgan fingerprint density at radius 1 is 1.21 bits per heavy atom. The van der Waals surface area contributed by atoms with Crippen LogP contribution in [0.4, 0.5) is 15.8 Å². The Morgan fingerprint density at radius 3 is 2.79 bits per heavy atom. The van der Waals surface area contributed by atoms with E-state index in [1.54, 1.807) is 18.3 Å². The monoisotopic (exact) mass is 531 g/mol. The molecule has 1 saturated carbocycles. The predicted molar refractivity (Wildman–Crippen MR) is 144 cm³/mol. The van der Waals surface area contributed by atoms with Crippen molar-refractivity contribution in [2.24, 2.45) is 5.92 Å². The zero-order valence-electron chi connectivity index (χ0n) is 20.7. The molecule has 2 aromatic carbocycles. The van der Waals surface area contributed by atoms with Crippen molar-refractivity contribution >= 4 is 33.9 Å². The number of nitriles is 1. The van der Waals surface area contributed by atoms with Crippen molar-refractivity contribution in [2.45, 2.75) is 37.8 Å². The van der Waals surface area contributed by atoms with Gasteiger partial charge in [-0.25, -0.2) is 9.07 Å². The lowest BCUT2D eigenvalue weighted by Gasteiger charge is -2.24. The van der Waals surface area contributed by atoms with Crippen LogP contribution in [0.15, 0.2) is 48.8 Å². The average molecular weight is 532 g/mol. The summed E-state index contributed by atoms with van der Waals surface area (Å²) in [5.41, 5.74) is 4.03. The smallest absolute Gasteiger partial charge is 0.123 e. The molecule has 4 aromatic rings. The molecular weight excluding hydrogens is 505 g/mol. The molecule has 1 saturated heterocycles. The third kappa shape index (κ3) is 5.15. The lowest BCUT2D eigenvalue weighted by atomic mass is 10.0. The van der Waals surface area contributed by atoms with Crippen LogP contribution in [-0.2, 0) is 4.74 Å². The van der Waals surface area contributed by atoms with Gasteiger partial charge in [0.05, 0.1) is 47.3 Å². The number of pyridine rings is 1. The molecule has 2 fully saturated rings. The maximum Gasteiger partial charge on any atom is 0.123 e. The van der Waals surface area contributed by atoms with E-state index in [0.29, 0.717) is 58.3 Å². The van der Waals surface area contributed by atoms with Gasteiger partial charge in [-0.15, -0.1) is 5.10 Å². The molecule has 6 rings (SSSR count). The summed E-state index contributed by atoms with van der Waals surface area (Å²) in [4.78, 5) is 4.64. The van der Waals surface area contributed by atoms with Gasteiger partial charge in [-0.05, 0) is 61.4 Å². The number of halogens is 2. The Hall–Kier alpha value is -3.74. The van der Waals surface area contributed by atoms with Crippen molar-refractivity contribution in [3.63, 3.8) is 0 Å². The minimum atomic E-state index is -0.419. The number of ether oxygens (including phenoxy) is 1. The Labute approximate surface area is 224 Å². The van der Waals surface area contributed by atoms with Crippen molar-refractivity contribution in [1.29, 1.82) is 5.26 Å². The van der Waals surface area contributed by atoms with Gasteiger partial charge in [0.2, 0.25) is 0 Å². The van der Waals surface area contributed by atoms with Crippen LogP contribution in [0.1, 0.15) is 54.6 Å². The predicted octanol–water partition coefficient (Wildman–Crippen LogP) is 5.87. The van der Waals surface area contributed by atoms with Gasteiger partial charge in [-0.2, -0.15) is 5.26 Å². The topological polar surface area (TPSA) is 101 Å². The maximum absolute atomic E-state index is 13.8. The first-order valence-corrected chi connectivity index (χ1v) is 13.2. The fourth-order valence-corrected chi connectivity index (χ4v) is 5.16. The quantitative estimate of drug-likeness (QED) is 0.293. The van der Waals surface area contributed by atoms with E-state index in [4.69, 9.17) is 16.3 Å². The highest BCUT2D eigenvalue weighted by atomic mass is 35.5. The summed E-state index contributed by atoms with van der Waals surface area (Å²) in [7, 11) is 0. The number of benzene rings is 2. The van der Waals surface area contributed by atoms with Crippen LogP contribution in [0.3, 0.4) is 0 Å². The number of nitrogens with one attached hydrogen (secondary N) is 2. The summed E-state index contributed by atoms with van der Waals surface area (Å²) in [5, 5.41) is 26.8. The number of hydrogen-bond donors (Lipinski definition) is 2. The summed E-state index contributed by atoms with van der Waals surface area (Å²) in [6.45, 7) is 2.18. The van der Waals surface area contributed by atoms with Gasteiger partial charge in [-0.1, -0.05) is 28.9 Å². The molecule has 8 nitrogen and oxygen atoms in total. The lowest BCUT2D eigenvalue weighted by molar-refractivity contribution is 0.0595. The summed E-state index contributed by atoms with van der Waals surface area (Å²) in [5.74, 6) is 0.0549. The molecule has 1 unspecified atom stereocenters. The van der Waals surface area contributed by atoms with Gasteiger partial charge >= 0.3 is 0 Å². The van der Waals surface area contributed by atoms with Crippen LogP contribution in [0.5, 0.6) is 0 Å². The van der Waals surface area contributed by atoms with Crippen LogP contribution in [-0.4, -0.2) is 39.7 Å². The van der Waals surface area contributed by atoms with Crippen molar-refractivity contribution in [3.8, 4) is 6.07 Å². The third-order valence-corrected chi connectivity index (χ3v) is 7.34. The minimum absolute atomic E-state index is 0.313. The first kappa shape index (κ1) is 24.6. The fourth-order valence-electron chi connectivity index (χ4n) is 4.95. The number of fused-ring (bicyclic) bond motifs is 1. The molecule has 0 radical (unpaired) electrons. The molecule has 2 aromatic heterocycles. The highest BCUT2D eigenvalue weighted by molar-refractivity contribution is 6.32. The molecule has 2 aliphatic rings. The van der Waals surface area contributed by atoms with Crippen molar-refractivity contribution < 1.29 is 9.13 Å². The van der Waals surface area contributed by atoms with E-state index in [-0.39, 0.29) is 5.82 Å². The number of aromatic nitrogens is 4. The second-order valence-electron chi connectivity index (χ2n) is 9.96. The summed E-state index contributed by atoms with van der Waals surface area (Å²) >= 11 is 6.61. The van der Waals surface area contributed by atoms with Gasteiger partial charge < -0.3 is 15.4 Å². The molecule has 2 N–H and O–H groups in total. The van der Waals surface area contributed by atoms with Gasteiger partial charge in [0, 0.05) is 29.8 Å². The zero-order chi connectivity index (χ0) is 26.1. The highest BCUT2D eigenvalue weighted by Crippen LogP contribution is 2.38. The number of rotatable bonds is 8. The maximum atomic E-state index is 13.8. The van der Waals surface area contributed by atoms with E-state index in [0.717, 1.165) is 43.2 Å². The van der Waals surface area contributed by atoms with Gasteiger partial charge in [0.15, 0.2) is 0 Å². The minimum Gasteiger partial charge on any atom is -0.383 e. The van der Waals surface area contributed by atoms with Crippen molar-refractivity contribution in [1.82, 2.24) is 20.0 Å². The van der Waals surface area contributed by atoms with Crippen LogP contribution in [0, 0.1) is 23.1 Å². The highest BCUT2D eigenvalue weighted by Gasteiger charge is 2.27. The summed E-state index contributed by atoms with van der Waals surface area (Å²) in [6, 6.07) is 12.2. The van der Waals surface area contributed by atoms with Crippen molar-refractivity contribution in [3.05, 3.63) is 76.5 Å². The van der Waals surface area contributed by atoms with E-state index >= 15 is 0 Å². The molecule has 3 heterocycles. The van der Waals surface area contributed by atoms with Crippen molar-refractivity contribution in [2.75, 3.05) is 30.4 Å². The van der Waals surface area contributed by atoms with E-state index in [1.165, 1.54) is 12.1 Å². The van der Waals surface area contributed by atoms with Crippen LogP contribution in [0.2, 0.25) is 5.02 Å². The summed E-state index contributed by atoms with van der Waals surface area (Å²) < 4.78 is 21.3. The molecule has 10 heteroatoms. The molecule has 0 amide bonds. The average Bonchev–Trinajstić information content (AvgIpc) is 3.68. The van der Waals surface area contributed by atoms with E-state index in [1.807, 2.05) is 23.0 Å². The fraction of sp³-hybridized carbons (Fsp3) is 0.357. The molecule has 0 spiro atoms. The van der Waals surface area contributed by atoms with Gasteiger partial charge in [-0.3, -0.25) is 4.98 Å². The Balaban J connectivity index is 1.39. The van der Waals surface area contributed by atoms with Crippen LogP contribution < -0.4 is 10.6 Å². The Morgan fingerprint density at radius 2 is 2.05 bits per heavy atom. The van der Waals surface area contributed by atoms with Gasteiger partial charge in [0.25, 0.3) is 0 Å².